The first-order chi connectivity index (χ1) is 7.77. The van der Waals surface area contributed by atoms with Gasteiger partial charge in [-0.15, -0.1) is 0 Å². The Bertz CT molecular complexity index is 700. The Morgan fingerprint density at radius 1 is 1.12 bits per heavy atom. The van der Waals surface area contributed by atoms with Crippen LogP contribution < -0.4 is 5.73 Å². The van der Waals surface area contributed by atoms with Gasteiger partial charge in [0.25, 0.3) is 5.91 Å². The van der Waals surface area contributed by atoms with Crippen LogP contribution in [0, 0.1) is 0 Å². The molecule has 2 aromatic heterocycles. The maximum atomic E-state index is 11.3. The SMILES string of the molecule is NC(=O)c1cccc2nc3ccccc3n12. The lowest BCUT2D eigenvalue weighted by molar-refractivity contribution is 0.0994. The second kappa shape index (κ2) is 3.06. The Labute approximate surface area is 91.3 Å². The summed E-state index contributed by atoms with van der Waals surface area (Å²) in [5.41, 5.74) is 8.28. The number of benzene rings is 1. The second-order valence-corrected chi connectivity index (χ2v) is 3.57. The van der Waals surface area contributed by atoms with Crippen LogP contribution in [0.2, 0.25) is 0 Å². The summed E-state index contributed by atoms with van der Waals surface area (Å²) in [6, 6.07) is 13.0. The van der Waals surface area contributed by atoms with Crippen LogP contribution in [0.5, 0.6) is 0 Å². The van der Waals surface area contributed by atoms with Crippen molar-refractivity contribution in [1.29, 1.82) is 0 Å². The van der Waals surface area contributed by atoms with E-state index in [1.807, 2.05) is 30.3 Å². The third kappa shape index (κ3) is 1.10. The highest BCUT2D eigenvalue weighted by atomic mass is 16.1. The van der Waals surface area contributed by atoms with E-state index in [-0.39, 0.29) is 0 Å². The number of primary amides is 1. The average Bonchev–Trinajstić information content (AvgIpc) is 2.66. The summed E-state index contributed by atoms with van der Waals surface area (Å²) in [4.78, 5) is 15.7. The molecule has 0 aliphatic rings. The molecule has 0 atom stereocenters. The van der Waals surface area contributed by atoms with Crippen LogP contribution in [-0.4, -0.2) is 15.3 Å². The van der Waals surface area contributed by atoms with Gasteiger partial charge in [0.15, 0.2) is 0 Å². The number of carbonyl (C=O) groups is 1. The molecule has 0 spiro atoms. The molecule has 0 fully saturated rings. The minimum atomic E-state index is -0.450. The predicted molar refractivity (Wildman–Crippen MR) is 61.2 cm³/mol. The van der Waals surface area contributed by atoms with Crippen molar-refractivity contribution < 1.29 is 4.79 Å². The number of pyridine rings is 1. The Morgan fingerprint density at radius 3 is 2.75 bits per heavy atom. The average molecular weight is 211 g/mol. The summed E-state index contributed by atoms with van der Waals surface area (Å²) in [5, 5.41) is 0. The molecule has 0 saturated carbocycles. The van der Waals surface area contributed by atoms with Crippen LogP contribution in [-0.2, 0) is 0 Å². The highest BCUT2D eigenvalue weighted by molar-refractivity contribution is 5.94. The molecule has 16 heavy (non-hydrogen) atoms. The van der Waals surface area contributed by atoms with Gasteiger partial charge in [-0.3, -0.25) is 9.20 Å². The van der Waals surface area contributed by atoms with Crippen molar-refractivity contribution in [3.8, 4) is 0 Å². The molecule has 0 aliphatic heterocycles. The molecular weight excluding hydrogens is 202 g/mol. The van der Waals surface area contributed by atoms with Crippen molar-refractivity contribution in [1.82, 2.24) is 9.38 Å². The molecule has 0 aliphatic carbocycles. The number of aromatic nitrogens is 2. The van der Waals surface area contributed by atoms with Gasteiger partial charge in [0.2, 0.25) is 0 Å². The summed E-state index contributed by atoms with van der Waals surface area (Å²) in [7, 11) is 0. The molecule has 1 amide bonds. The number of nitrogens with two attached hydrogens (primary N) is 1. The molecule has 3 aromatic rings. The number of amides is 1. The molecule has 2 heterocycles. The van der Waals surface area contributed by atoms with Gasteiger partial charge in [-0.25, -0.2) is 4.98 Å². The van der Waals surface area contributed by atoms with E-state index in [9.17, 15) is 4.79 Å². The van der Waals surface area contributed by atoms with Crippen LogP contribution in [0.1, 0.15) is 10.5 Å². The zero-order chi connectivity index (χ0) is 11.1. The zero-order valence-corrected chi connectivity index (χ0v) is 8.42. The fraction of sp³-hybridized carbons (Fsp3) is 0. The molecule has 0 radical (unpaired) electrons. The predicted octanol–water partition coefficient (Wildman–Crippen LogP) is 1.59. The smallest absolute Gasteiger partial charge is 0.265 e. The number of hydrogen-bond acceptors (Lipinski definition) is 2. The van der Waals surface area contributed by atoms with Crippen LogP contribution in [0.15, 0.2) is 42.5 Å². The molecule has 3 rings (SSSR count). The molecule has 1 aromatic carbocycles. The Balaban J connectivity index is 2.57. The van der Waals surface area contributed by atoms with Crippen molar-refractivity contribution in [3.63, 3.8) is 0 Å². The molecule has 0 unspecified atom stereocenters. The summed E-state index contributed by atoms with van der Waals surface area (Å²) in [6.45, 7) is 0. The number of para-hydroxylation sites is 2. The van der Waals surface area contributed by atoms with Crippen LogP contribution in [0.4, 0.5) is 0 Å². The summed E-state index contributed by atoms with van der Waals surface area (Å²) < 4.78 is 1.78. The van der Waals surface area contributed by atoms with Gasteiger partial charge in [-0.05, 0) is 24.3 Å². The standard InChI is InChI=1S/C12H9N3O/c13-12(16)10-6-3-7-11-14-8-4-1-2-5-9(8)15(10)11/h1-7H,(H2,13,16). The second-order valence-electron chi connectivity index (χ2n) is 3.57. The normalized spacial score (nSPS) is 11.0. The van der Waals surface area contributed by atoms with Crippen molar-refractivity contribution >= 4 is 22.6 Å². The first-order valence-corrected chi connectivity index (χ1v) is 4.93. The number of hydrogen-bond donors (Lipinski definition) is 1. The molecule has 78 valence electrons. The maximum Gasteiger partial charge on any atom is 0.265 e. The minimum absolute atomic E-state index is 0.450. The summed E-state index contributed by atoms with van der Waals surface area (Å²) in [5.74, 6) is -0.450. The van der Waals surface area contributed by atoms with Gasteiger partial charge in [-0.2, -0.15) is 0 Å². The van der Waals surface area contributed by atoms with Gasteiger partial charge in [0, 0.05) is 0 Å². The highest BCUT2D eigenvalue weighted by Gasteiger charge is 2.10. The Morgan fingerprint density at radius 2 is 1.94 bits per heavy atom. The molecule has 4 heteroatoms. The minimum Gasteiger partial charge on any atom is -0.364 e. The maximum absolute atomic E-state index is 11.3. The molecule has 0 bridgehead atoms. The lowest BCUT2D eigenvalue weighted by Gasteiger charge is -2.01. The first kappa shape index (κ1) is 8.91. The van der Waals surface area contributed by atoms with E-state index in [0.29, 0.717) is 5.69 Å². The number of fused-ring (bicyclic) bond motifs is 3. The van der Waals surface area contributed by atoms with Gasteiger partial charge in [-0.1, -0.05) is 18.2 Å². The quantitative estimate of drug-likeness (QED) is 0.664. The zero-order valence-electron chi connectivity index (χ0n) is 8.42. The van der Waals surface area contributed by atoms with E-state index >= 15 is 0 Å². The molecule has 2 N–H and O–H groups in total. The lowest BCUT2D eigenvalue weighted by Crippen LogP contribution is -2.15. The van der Waals surface area contributed by atoms with E-state index in [0.717, 1.165) is 16.7 Å². The fourth-order valence-electron chi connectivity index (χ4n) is 1.90. The Kier molecular flexibility index (Phi) is 1.71. The van der Waals surface area contributed by atoms with E-state index in [4.69, 9.17) is 5.73 Å². The van der Waals surface area contributed by atoms with Gasteiger partial charge < -0.3 is 5.73 Å². The third-order valence-corrected chi connectivity index (χ3v) is 2.58. The molecule has 0 saturated heterocycles. The molecule has 4 nitrogen and oxygen atoms in total. The van der Waals surface area contributed by atoms with E-state index < -0.39 is 5.91 Å². The van der Waals surface area contributed by atoms with Gasteiger partial charge in [0.05, 0.1) is 11.0 Å². The first-order valence-electron chi connectivity index (χ1n) is 4.93. The van der Waals surface area contributed by atoms with Crippen molar-refractivity contribution in [2.45, 2.75) is 0 Å². The number of carbonyl (C=O) groups excluding carboxylic acids is 1. The number of imidazole rings is 1. The monoisotopic (exact) mass is 211 g/mol. The van der Waals surface area contributed by atoms with Gasteiger partial charge >= 0.3 is 0 Å². The Hall–Kier alpha value is -2.36. The van der Waals surface area contributed by atoms with Crippen molar-refractivity contribution in [2.75, 3.05) is 0 Å². The van der Waals surface area contributed by atoms with Crippen LogP contribution in [0.3, 0.4) is 0 Å². The van der Waals surface area contributed by atoms with Crippen LogP contribution in [0.25, 0.3) is 16.7 Å². The van der Waals surface area contributed by atoms with Crippen LogP contribution >= 0.6 is 0 Å². The summed E-state index contributed by atoms with van der Waals surface area (Å²) in [6.07, 6.45) is 0. The van der Waals surface area contributed by atoms with Crippen molar-refractivity contribution in [3.05, 3.63) is 48.2 Å². The highest BCUT2D eigenvalue weighted by Crippen LogP contribution is 2.17. The number of rotatable bonds is 1. The lowest BCUT2D eigenvalue weighted by atomic mass is 10.3. The van der Waals surface area contributed by atoms with E-state index in [1.165, 1.54) is 0 Å². The number of nitrogens with zero attached hydrogens (tertiary/aromatic N) is 2. The van der Waals surface area contributed by atoms with Crippen molar-refractivity contribution in [2.24, 2.45) is 5.73 Å². The van der Waals surface area contributed by atoms with Gasteiger partial charge in [0.1, 0.15) is 11.3 Å². The third-order valence-electron chi connectivity index (χ3n) is 2.58. The largest absolute Gasteiger partial charge is 0.364 e. The molecular formula is C12H9N3O. The fourth-order valence-corrected chi connectivity index (χ4v) is 1.90. The summed E-state index contributed by atoms with van der Waals surface area (Å²) >= 11 is 0. The van der Waals surface area contributed by atoms with E-state index in [1.54, 1.807) is 16.5 Å². The topological polar surface area (TPSA) is 60.4 Å². The van der Waals surface area contributed by atoms with E-state index in [2.05, 4.69) is 4.98 Å².